The van der Waals surface area contributed by atoms with Crippen molar-refractivity contribution in [2.45, 2.75) is 52.9 Å². The standard InChI is InChI=1S/C13H26O5Si/c1-6-10-11-19(15-8-3,16-9-4)18-12(5)17-13(14)7-2/h7,12H,2,6,8-11H2,1,3-5H3. The Morgan fingerprint density at radius 2 is 1.84 bits per heavy atom. The summed E-state index contributed by atoms with van der Waals surface area (Å²) in [5.41, 5.74) is 0. The third-order valence-corrected chi connectivity index (χ3v) is 5.47. The van der Waals surface area contributed by atoms with Crippen molar-refractivity contribution in [2.75, 3.05) is 13.2 Å². The number of hydrogen-bond donors (Lipinski definition) is 0. The third kappa shape index (κ3) is 7.46. The zero-order chi connectivity index (χ0) is 14.7. The van der Waals surface area contributed by atoms with Gasteiger partial charge >= 0.3 is 14.8 Å². The number of unbranched alkanes of at least 4 members (excludes halogenated alkanes) is 1. The Kier molecular flexibility index (Phi) is 9.77. The molecule has 0 N–H and O–H groups in total. The van der Waals surface area contributed by atoms with Crippen molar-refractivity contribution < 1.29 is 22.8 Å². The second-order valence-electron chi connectivity index (χ2n) is 3.98. The van der Waals surface area contributed by atoms with Crippen LogP contribution < -0.4 is 0 Å². The molecular formula is C13H26O5Si. The number of rotatable bonds is 11. The fourth-order valence-electron chi connectivity index (χ4n) is 1.63. The van der Waals surface area contributed by atoms with Crippen LogP contribution >= 0.6 is 0 Å². The van der Waals surface area contributed by atoms with Gasteiger partial charge in [-0.25, -0.2) is 4.79 Å². The molecule has 0 saturated carbocycles. The maximum Gasteiger partial charge on any atom is 0.503 e. The molecule has 0 aromatic rings. The van der Waals surface area contributed by atoms with Gasteiger partial charge in [0.2, 0.25) is 0 Å². The van der Waals surface area contributed by atoms with Crippen LogP contribution in [0.25, 0.3) is 0 Å². The van der Waals surface area contributed by atoms with Crippen molar-refractivity contribution in [3.05, 3.63) is 12.7 Å². The molecule has 0 fully saturated rings. The Labute approximate surface area is 117 Å². The molecule has 0 aromatic heterocycles. The highest BCUT2D eigenvalue weighted by Crippen LogP contribution is 2.21. The van der Waals surface area contributed by atoms with E-state index in [9.17, 15) is 4.79 Å². The highest BCUT2D eigenvalue weighted by atomic mass is 28.4. The average molecular weight is 290 g/mol. The van der Waals surface area contributed by atoms with Crippen LogP contribution in [0.2, 0.25) is 6.04 Å². The molecule has 0 bridgehead atoms. The molecule has 0 heterocycles. The maximum atomic E-state index is 11.2. The smallest absolute Gasteiger partial charge is 0.434 e. The lowest BCUT2D eigenvalue weighted by atomic mass is 10.4. The molecule has 0 saturated heterocycles. The van der Waals surface area contributed by atoms with Crippen molar-refractivity contribution in [1.82, 2.24) is 0 Å². The highest BCUT2D eigenvalue weighted by molar-refractivity contribution is 6.60. The minimum Gasteiger partial charge on any atom is -0.434 e. The number of carbonyl (C=O) groups is 1. The Bertz CT molecular complexity index is 264. The predicted octanol–water partition coefficient (Wildman–Crippen LogP) is 2.89. The van der Waals surface area contributed by atoms with E-state index in [-0.39, 0.29) is 0 Å². The molecule has 0 aliphatic rings. The van der Waals surface area contributed by atoms with Crippen LogP contribution in [-0.4, -0.2) is 34.3 Å². The predicted molar refractivity (Wildman–Crippen MR) is 75.6 cm³/mol. The topological polar surface area (TPSA) is 54.0 Å². The molecule has 6 heteroatoms. The summed E-state index contributed by atoms with van der Waals surface area (Å²) in [6.45, 7) is 11.9. The second kappa shape index (κ2) is 10.1. The minimum atomic E-state index is -2.77. The summed E-state index contributed by atoms with van der Waals surface area (Å²) in [5, 5.41) is 0. The van der Waals surface area contributed by atoms with E-state index in [0.29, 0.717) is 13.2 Å². The van der Waals surface area contributed by atoms with Gasteiger partial charge in [-0.2, -0.15) is 0 Å². The van der Waals surface area contributed by atoms with Crippen LogP contribution in [0.3, 0.4) is 0 Å². The van der Waals surface area contributed by atoms with Gasteiger partial charge in [0.25, 0.3) is 0 Å². The first-order valence-corrected chi connectivity index (χ1v) is 8.75. The molecule has 19 heavy (non-hydrogen) atoms. The van der Waals surface area contributed by atoms with Crippen molar-refractivity contribution in [3.63, 3.8) is 0 Å². The molecule has 0 aliphatic heterocycles. The lowest BCUT2D eigenvalue weighted by molar-refractivity contribution is -0.161. The van der Waals surface area contributed by atoms with E-state index in [4.69, 9.17) is 18.0 Å². The second-order valence-corrected chi connectivity index (χ2v) is 6.66. The minimum absolute atomic E-state index is 0.512. The summed E-state index contributed by atoms with van der Waals surface area (Å²) >= 11 is 0. The SMILES string of the molecule is C=CC(=O)OC(C)O[Si](CCCC)(OCC)OCC. The molecule has 112 valence electrons. The Hall–Kier alpha value is -0.693. The van der Waals surface area contributed by atoms with Crippen molar-refractivity contribution >= 4 is 14.8 Å². The first-order valence-electron chi connectivity index (χ1n) is 6.82. The fraction of sp³-hybridized carbons (Fsp3) is 0.769. The van der Waals surface area contributed by atoms with Crippen LogP contribution in [0, 0.1) is 0 Å². The Morgan fingerprint density at radius 3 is 2.26 bits per heavy atom. The van der Waals surface area contributed by atoms with E-state index in [2.05, 4.69) is 13.5 Å². The summed E-state index contributed by atoms with van der Waals surface area (Å²) < 4.78 is 22.3. The summed E-state index contributed by atoms with van der Waals surface area (Å²) in [6.07, 6.45) is 2.39. The lowest BCUT2D eigenvalue weighted by Gasteiger charge is -2.31. The molecule has 0 radical (unpaired) electrons. The highest BCUT2D eigenvalue weighted by Gasteiger charge is 2.42. The molecule has 5 nitrogen and oxygen atoms in total. The van der Waals surface area contributed by atoms with Gasteiger partial charge in [0.15, 0.2) is 6.29 Å². The summed E-state index contributed by atoms with van der Waals surface area (Å²) in [4.78, 5) is 11.2. The van der Waals surface area contributed by atoms with Crippen LogP contribution in [0.15, 0.2) is 12.7 Å². The van der Waals surface area contributed by atoms with Crippen LogP contribution in [0.5, 0.6) is 0 Å². The maximum absolute atomic E-state index is 11.2. The van der Waals surface area contributed by atoms with E-state index < -0.39 is 21.1 Å². The molecule has 1 unspecified atom stereocenters. The number of hydrogen-bond acceptors (Lipinski definition) is 5. The van der Waals surface area contributed by atoms with Crippen molar-refractivity contribution in [3.8, 4) is 0 Å². The molecule has 0 amide bonds. The van der Waals surface area contributed by atoms with E-state index in [0.717, 1.165) is 25.0 Å². The molecule has 0 spiro atoms. The summed E-state index contributed by atoms with van der Waals surface area (Å²) in [6, 6.07) is 0.723. The lowest BCUT2D eigenvalue weighted by Crippen LogP contribution is -2.48. The molecule has 1 atom stereocenters. The van der Waals surface area contributed by atoms with Gasteiger partial charge in [0, 0.05) is 25.3 Å². The van der Waals surface area contributed by atoms with E-state index in [1.54, 1.807) is 6.92 Å². The Morgan fingerprint density at radius 1 is 1.26 bits per heavy atom. The monoisotopic (exact) mass is 290 g/mol. The van der Waals surface area contributed by atoms with Crippen LogP contribution in [0.1, 0.15) is 40.5 Å². The molecular weight excluding hydrogens is 264 g/mol. The quantitative estimate of drug-likeness (QED) is 0.253. The normalized spacial score (nSPS) is 13.1. The van der Waals surface area contributed by atoms with Gasteiger partial charge in [-0.05, 0) is 27.2 Å². The van der Waals surface area contributed by atoms with Gasteiger partial charge < -0.3 is 18.0 Å². The van der Waals surface area contributed by atoms with Crippen LogP contribution in [-0.2, 0) is 22.8 Å². The van der Waals surface area contributed by atoms with Gasteiger partial charge in [0.05, 0.1) is 0 Å². The molecule has 0 rings (SSSR count). The van der Waals surface area contributed by atoms with Crippen molar-refractivity contribution in [2.24, 2.45) is 0 Å². The van der Waals surface area contributed by atoms with Gasteiger partial charge in [0.1, 0.15) is 0 Å². The molecule has 0 aliphatic carbocycles. The average Bonchev–Trinajstić information content (AvgIpc) is 2.36. The summed E-state index contributed by atoms with van der Waals surface area (Å²) in [5.74, 6) is -0.515. The van der Waals surface area contributed by atoms with Gasteiger partial charge in [-0.3, -0.25) is 0 Å². The largest absolute Gasteiger partial charge is 0.503 e. The third-order valence-electron chi connectivity index (χ3n) is 2.36. The first kappa shape index (κ1) is 18.3. The van der Waals surface area contributed by atoms with Gasteiger partial charge in [-0.15, -0.1) is 0 Å². The van der Waals surface area contributed by atoms with E-state index >= 15 is 0 Å². The zero-order valence-electron chi connectivity index (χ0n) is 12.4. The summed E-state index contributed by atoms with van der Waals surface area (Å²) in [7, 11) is -2.77. The van der Waals surface area contributed by atoms with Crippen LogP contribution in [0.4, 0.5) is 0 Å². The van der Waals surface area contributed by atoms with E-state index in [1.807, 2.05) is 13.8 Å². The molecule has 0 aromatic carbocycles. The van der Waals surface area contributed by atoms with E-state index in [1.165, 1.54) is 0 Å². The number of carbonyl (C=O) groups excluding carboxylic acids is 1. The van der Waals surface area contributed by atoms with Crippen molar-refractivity contribution in [1.29, 1.82) is 0 Å². The number of ether oxygens (including phenoxy) is 1. The fourth-order valence-corrected chi connectivity index (χ4v) is 4.48. The Balaban J connectivity index is 4.67. The number of esters is 1. The zero-order valence-corrected chi connectivity index (χ0v) is 13.4. The van der Waals surface area contributed by atoms with Gasteiger partial charge in [-0.1, -0.05) is 19.9 Å². The first-order chi connectivity index (χ1) is 9.03.